The first-order valence-electron chi connectivity index (χ1n) is 6.59. The quantitative estimate of drug-likeness (QED) is 0.573. The van der Waals surface area contributed by atoms with E-state index in [9.17, 15) is 4.79 Å². The van der Waals surface area contributed by atoms with E-state index < -0.39 is 0 Å². The number of carbonyl (C=O) groups is 1. The monoisotopic (exact) mass is 244 g/mol. The van der Waals surface area contributed by atoms with Crippen molar-refractivity contribution in [2.45, 2.75) is 46.1 Å². The molecule has 0 aliphatic carbocycles. The molecule has 0 spiro atoms. The number of ether oxygens (including phenoxy) is 1. The number of carbonyl (C=O) groups excluding carboxylic acids is 1. The van der Waals surface area contributed by atoms with Crippen LogP contribution < -0.4 is 10.6 Å². The van der Waals surface area contributed by atoms with Crippen molar-refractivity contribution in [1.29, 1.82) is 0 Å². The maximum Gasteiger partial charge on any atom is 0.222 e. The summed E-state index contributed by atoms with van der Waals surface area (Å²) in [6.07, 6.45) is 2.71. The lowest BCUT2D eigenvalue weighted by molar-refractivity contribution is -0.122. The second-order valence-corrected chi connectivity index (χ2v) is 4.87. The summed E-state index contributed by atoms with van der Waals surface area (Å²) in [7, 11) is 1.91. The molecule has 0 aromatic rings. The van der Waals surface area contributed by atoms with Gasteiger partial charge in [0.15, 0.2) is 0 Å². The van der Waals surface area contributed by atoms with Crippen LogP contribution in [0.15, 0.2) is 0 Å². The highest BCUT2D eigenvalue weighted by Gasteiger charge is 2.06. The summed E-state index contributed by atoms with van der Waals surface area (Å²) in [6, 6.07) is 0. The third-order valence-electron chi connectivity index (χ3n) is 2.46. The van der Waals surface area contributed by atoms with E-state index in [-0.39, 0.29) is 12.0 Å². The summed E-state index contributed by atoms with van der Waals surface area (Å²) in [4.78, 5) is 11.4. The van der Waals surface area contributed by atoms with Gasteiger partial charge in [-0.05, 0) is 39.3 Å². The van der Waals surface area contributed by atoms with E-state index in [0.717, 1.165) is 25.9 Å². The summed E-state index contributed by atoms with van der Waals surface area (Å²) >= 11 is 0. The number of hydrogen-bond donors (Lipinski definition) is 2. The Morgan fingerprint density at radius 3 is 2.53 bits per heavy atom. The van der Waals surface area contributed by atoms with Gasteiger partial charge in [0.2, 0.25) is 5.91 Å². The average Bonchev–Trinajstić information content (AvgIpc) is 2.23. The number of rotatable bonds is 10. The molecule has 4 heteroatoms. The molecule has 1 amide bonds. The molecule has 102 valence electrons. The number of hydrogen-bond acceptors (Lipinski definition) is 3. The molecule has 17 heavy (non-hydrogen) atoms. The fraction of sp³-hybridized carbons (Fsp3) is 0.923. The molecule has 2 N–H and O–H groups in total. The summed E-state index contributed by atoms with van der Waals surface area (Å²) in [5.41, 5.74) is 0. The zero-order valence-corrected chi connectivity index (χ0v) is 11.7. The first-order valence-corrected chi connectivity index (χ1v) is 6.59. The molecule has 1 unspecified atom stereocenters. The maximum absolute atomic E-state index is 11.4. The van der Waals surface area contributed by atoms with Gasteiger partial charge in [-0.25, -0.2) is 0 Å². The van der Waals surface area contributed by atoms with Crippen LogP contribution >= 0.6 is 0 Å². The lowest BCUT2D eigenvalue weighted by Gasteiger charge is -2.14. The van der Waals surface area contributed by atoms with Crippen LogP contribution in [0.3, 0.4) is 0 Å². The molecule has 0 aliphatic heterocycles. The van der Waals surface area contributed by atoms with Crippen molar-refractivity contribution in [3.8, 4) is 0 Å². The van der Waals surface area contributed by atoms with E-state index >= 15 is 0 Å². The zero-order valence-electron chi connectivity index (χ0n) is 11.7. The first kappa shape index (κ1) is 16.4. The summed E-state index contributed by atoms with van der Waals surface area (Å²) in [5.74, 6) is 0.721. The molecule has 1 atom stereocenters. The topological polar surface area (TPSA) is 50.4 Å². The van der Waals surface area contributed by atoms with Crippen molar-refractivity contribution in [2.24, 2.45) is 5.92 Å². The van der Waals surface area contributed by atoms with Crippen molar-refractivity contribution in [3.05, 3.63) is 0 Å². The lowest BCUT2D eigenvalue weighted by atomic mass is 10.1. The van der Waals surface area contributed by atoms with Crippen molar-refractivity contribution in [2.75, 3.05) is 26.7 Å². The van der Waals surface area contributed by atoms with Crippen LogP contribution in [-0.4, -0.2) is 38.8 Å². The van der Waals surface area contributed by atoms with Crippen molar-refractivity contribution in [1.82, 2.24) is 10.6 Å². The van der Waals surface area contributed by atoms with E-state index in [0.29, 0.717) is 18.9 Å². The Hall–Kier alpha value is -0.610. The highest BCUT2D eigenvalue weighted by Crippen LogP contribution is 2.07. The minimum absolute atomic E-state index is 0.0813. The average molecular weight is 244 g/mol. The largest absolute Gasteiger partial charge is 0.378 e. The van der Waals surface area contributed by atoms with Crippen LogP contribution in [0, 0.1) is 5.92 Å². The van der Waals surface area contributed by atoms with Crippen molar-refractivity contribution >= 4 is 5.91 Å². The standard InChI is InChI=1S/C13H28N2O2/c1-11(2)10-12(3)17-9-6-13(16)15-8-5-7-14-4/h11-12,14H,5-10H2,1-4H3,(H,15,16). The van der Waals surface area contributed by atoms with E-state index in [2.05, 4.69) is 31.4 Å². The van der Waals surface area contributed by atoms with Gasteiger partial charge in [0.25, 0.3) is 0 Å². The minimum atomic E-state index is 0.0813. The molecule has 0 aliphatic rings. The molecule has 0 radical (unpaired) electrons. The van der Waals surface area contributed by atoms with Gasteiger partial charge >= 0.3 is 0 Å². The van der Waals surface area contributed by atoms with E-state index in [1.165, 1.54) is 0 Å². The molecule has 0 saturated carbocycles. The molecule has 0 saturated heterocycles. The predicted molar refractivity (Wildman–Crippen MR) is 71.0 cm³/mol. The molecule has 0 bridgehead atoms. The Morgan fingerprint density at radius 1 is 1.24 bits per heavy atom. The van der Waals surface area contributed by atoms with Gasteiger partial charge in [-0.3, -0.25) is 4.79 Å². The van der Waals surface area contributed by atoms with Gasteiger partial charge in [-0.15, -0.1) is 0 Å². The van der Waals surface area contributed by atoms with Gasteiger partial charge in [0, 0.05) is 13.0 Å². The molecule has 0 aromatic heterocycles. The molecule has 0 rings (SSSR count). The van der Waals surface area contributed by atoms with Crippen LogP contribution in [-0.2, 0) is 9.53 Å². The number of amides is 1. The smallest absolute Gasteiger partial charge is 0.222 e. The Kier molecular flexibility index (Phi) is 10.2. The Labute approximate surface area is 105 Å². The van der Waals surface area contributed by atoms with E-state index in [1.807, 2.05) is 7.05 Å². The van der Waals surface area contributed by atoms with Crippen molar-refractivity contribution < 1.29 is 9.53 Å². The third-order valence-corrected chi connectivity index (χ3v) is 2.46. The SMILES string of the molecule is CNCCCNC(=O)CCOC(C)CC(C)C. The Balaban J connectivity index is 3.38. The normalized spacial score (nSPS) is 12.8. The van der Waals surface area contributed by atoms with Crippen LogP contribution in [0.4, 0.5) is 0 Å². The highest BCUT2D eigenvalue weighted by atomic mass is 16.5. The Morgan fingerprint density at radius 2 is 1.94 bits per heavy atom. The lowest BCUT2D eigenvalue weighted by Crippen LogP contribution is -2.27. The van der Waals surface area contributed by atoms with Crippen molar-refractivity contribution in [3.63, 3.8) is 0 Å². The van der Waals surface area contributed by atoms with Gasteiger partial charge in [0.1, 0.15) is 0 Å². The molecule has 0 aromatic carbocycles. The fourth-order valence-electron chi connectivity index (χ4n) is 1.67. The van der Waals surface area contributed by atoms with Gasteiger partial charge in [-0.1, -0.05) is 13.8 Å². The second-order valence-electron chi connectivity index (χ2n) is 4.87. The predicted octanol–water partition coefficient (Wildman–Crippen LogP) is 1.55. The van der Waals surface area contributed by atoms with Crippen LogP contribution in [0.2, 0.25) is 0 Å². The summed E-state index contributed by atoms with van der Waals surface area (Å²) in [6.45, 7) is 8.60. The summed E-state index contributed by atoms with van der Waals surface area (Å²) < 4.78 is 5.58. The molecule has 0 heterocycles. The molecular formula is C13H28N2O2. The first-order chi connectivity index (χ1) is 8.06. The molecule has 0 fully saturated rings. The second kappa shape index (κ2) is 10.5. The highest BCUT2D eigenvalue weighted by molar-refractivity contribution is 5.75. The van der Waals surface area contributed by atoms with Crippen LogP contribution in [0.5, 0.6) is 0 Å². The van der Waals surface area contributed by atoms with Gasteiger partial charge < -0.3 is 15.4 Å². The van der Waals surface area contributed by atoms with E-state index in [1.54, 1.807) is 0 Å². The minimum Gasteiger partial charge on any atom is -0.378 e. The Bertz CT molecular complexity index is 196. The summed E-state index contributed by atoms with van der Waals surface area (Å²) in [5, 5.41) is 5.91. The van der Waals surface area contributed by atoms with Gasteiger partial charge in [-0.2, -0.15) is 0 Å². The van der Waals surface area contributed by atoms with Crippen LogP contribution in [0.1, 0.15) is 40.0 Å². The molecule has 4 nitrogen and oxygen atoms in total. The van der Waals surface area contributed by atoms with Gasteiger partial charge in [0.05, 0.1) is 12.7 Å². The number of nitrogens with one attached hydrogen (secondary N) is 2. The third kappa shape index (κ3) is 11.6. The zero-order chi connectivity index (χ0) is 13.1. The van der Waals surface area contributed by atoms with E-state index in [4.69, 9.17) is 4.74 Å². The fourth-order valence-corrected chi connectivity index (χ4v) is 1.67. The van der Waals surface area contributed by atoms with Crippen LogP contribution in [0.25, 0.3) is 0 Å². The maximum atomic E-state index is 11.4. The molecular weight excluding hydrogens is 216 g/mol.